The molecular weight excluding hydrogens is 755 g/mol. The van der Waals surface area contributed by atoms with Crippen LogP contribution in [0.4, 0.5) is 0 Å². The zero-order valence-electron chi connectivity index (χ0n) is 40.1. The van der Waals surface area contributed by atoms with Crippen LogP contribution in [0.3, 0.4) is 0 Å². The van der Waals surface area contributed by atoms with Gasteiger partial charge in [0.1, 0.15) is 13.2 Å². The predicted molar refractivity (Wildman–Crippen MR) is 247 cm³/mol. The number of unbranched alkanes of at least 4 members (excludes halogenated alkanes) is 30. The van der Waals surface area contributed by atoms with Gasteiger partial charge in [0.15, 0.2) is 12.4 Å². The predicted octanol–water partition coefficient (Wildman–Crippen LogP) is 12.5. The number of nitrogens with zero attached hydrogens (tertiary/aromatic N) is 1. The van der Waals surface area contributed by atoms with E-state index in [9.17, 15) is 19.5 Å². The minimum Gasteiger partial charge on any atom is -0.545 e. The number of carbonyl (C=O) groups excluding carboxylic acids is 3. The van der Waals surface area contributed by atoms with Crippen molar-refractivity contribution in [2.75, 3.05) is 47.5 Å². The molecule has 0 saturated heterocycles. The van der Waals surface area contributed by atoms with Crippen LogP contribution in [0.1, 0.15) is 239 Å². The van der Waals surface area contributed by atoms with Gasteiger partial charge in [0, 0.05) is 12.8 Å². The number of likely N-dealkylation sites (N-methyl/N-ethyl adjacent to an activating group) is 1. The molecule has 0 saturated carbocycles. The van der Waals surface area contributed by atoms with Crippen molar-refractivity contribution in [3.05, 3.63) is 12.2 Å². The number of aliphatic carboxylic acids is 1. The van der Waals surface area contributed by atoms with E-state index in [1.165, 1.54) is 167 Å². The lowest BCUT2D eigenvalue weighted by Crippen LogP contribution is -2.44. The summed E-state index contributed by atoms with van der Waals surface area (Å²) in [6.45, 7) is 4.70. The quantitative estimate of drug-likeness (QED) is 0.0196. The van der Waals surface area contributed by atoms with Crippen molar-refractivity contribution in [1.29, 1.82) is 0 Å². The number of esters is 2. The molecular formula is C51H97NO8. The SMILES string of the molecule is CCCCCCCCCC/C=C\CCCCCCCCCCCCCCCCCCCC(=O)OC(COC(=O)CCCCCCCC)COC(OCC[N+](C)(C)C)C(=O)[O-]. The van der Waals surface area contributed by atoms with Crippen LogP contribution in [-0.2, 0) is 33.3 Å². The van der Waals surface area contributed by atoms with E-state index in [0.29, 0.717) is 17.4 Å². The van der Waals surface area contributed by atoms with Crippen molar-refractivity contribution in [3.63, 3.8) is 0 Å². The molecule has 9 heteroatoms. The maximum absolute atomic E-state index is 12.7. The molecule has 0 rings (SSSR count). The summed E-state index contributed by atoms with van der Waals surface area (Å²) < 4.78 is 22.5. The van der Waals surface area contributed by atoms with Crippen molar-refractivity contribution >= 4 is 17.9 Å². The summed E-state index contributed by atoms with van der Waals surface area (Å²) in [5, 5.41) is 11.7. The lowest BCUT2D eigenvalue weighted by molar-refractivity contribution is -0.870. The highest BCUT2D eigenvalue weighted by molar-refractivity contribution is 5.70. The third-order valence-corrected chi connectivity index (χ3v) is 11.3. The van der Waals surface area contributed by atoms with E-state index in [0.717, 1.165) is 44.9 Å². The van der Waals surface area contributed by atoms with Crippen molar-refractivity contribution in [1.82, 2.24) is 0 Å². The van der Waals surface area contributed by atoms with Crippen molar-refractivity contribution in [2.24, 2.45) is 0 Å². The third-order valence-electron chi connectivity index (χ3n) is 11.3. The average Bonchev–Trinajstić information content (AvgIpc) is 3.21. The minimum absolute atomic E-state index is 0.151. The molecule has 0 bridgehead atoms. The Balaban J connectivity index is 3.99. The zero-order chi connectivity index (χ0) is 44.2. The van der Waals surface area contributed by atoms with Gasteiger partial charge in [-0.3, -0.25) is 9.59 Å². The summed E-state index contributed by atoms with van der Waals surface area (Å²) in [5.74, 6) is -2.28. The summed E-state index contributed by atoms with van der Waals surface area (Å²) in [6.07, 6.45) is 44.5. The van der Waals surface area contributed by atoms with Crippen molar-refractivity contribution < 1.29 is 42.9 Å². The number of hydrogen-bond acceptors (Lipinski definition) is 8. The average molecular weight is 852 g/mol. The molecule has 0 spiro atoms. The monoisotopic (exact) mass is 852 g/mol. The molecule has 0 heterocycles. The van der Waals surface area contributed by atoms with Crippen LogP contribution in [0.25, 0.3) is 0 Å². The number of carboxylic acids is 1. The van der Waals surface area contributed by atoms with Gasteiger partial charge in [-0.1, -0.05) is 199 Å². The topological polar surface area (TPSA) is 111 Å². The molecule has 0 fully saturated rings. The number of ether oxygens (including phenoxy) is 4. The van der Waals surface area contributed by atoms with E-state index in [2.05, 4.69) is 26.0 Å². The number of allylic oxidation sites excluding steroid dienone is 2. The molecule has 2 unspecified atom stereocenters. The Kier molecular flexibility index (Phi) is 42.2. The van der Waals surface area contributed by atoms with Crippen molar-refractivity contribution in [3.8, 4) is 0 Å². The Morgan fingerprint density at radius 2 is 0.850 bits per heavy atom. The van der Waals surface area contributed by atoms with E-state index in [4.69, 9.17) is 18.9 Å². The van der Waals surface area contributed by atoms with E-state index in [1.54, 1.807) is 0 Å². The molecule has 0 N–H and O–H groups in total. The highest BCUT2D eigenvalue weighted by Gasteiger charge is 2.22. The minimum atomic E-state index is -1.61. The fourth-order valence-electron chi connectivity index (χ4n) is 7.30. The molecule has 0 aromatic carbocycles. The summed E-state index contributed by atoms with van der Waals surface area (Å²) in [7, 11) is 5.91. The van der Waals surface area contributed by atoms with E-state index < -0.39 is 24.3 Å². The first-order valence-electron chi connectivity index (χ1n) is 25.3. The van der Waals surface area contributed by atoms with Crippen LogP contribution >= 0.6 is 0 Å². The number of hydrogen-bond donors (Lipinski definition) is 0. The lowest BCUT2D eigenvalue weighted by Gasteiger charge is -2.26. The fourth-order valence-corrected chi connectivity index (χ4v) is 7.30. The Morgan fingerprint density at radius 1 is 0.483 bits per heavy atom. The Hall–Kier alpha value is -1.97. The Bertz CT molecular complexity index is 996. The van der Waals surface area contributed by atoms with E-state index in [-0.39, 0.29) is 32.2 Å². The second kappa shape index (κ2) is 43.7. The molecule has 0 aliphatic heterocycles. The zero-order valence-corrected chi connectivity index (χ0v) is 40.1. The molecule has 354 valence electrons. The molecule has 0 radical (unpaired) electrons. The molecule has 2 atom stereocenters. The van der Waals surface area contributed by atoms with Gasteiger partial charge in [-0.2, -0.15) is 0 Å². The molecule has 0 aliphatic rings. The van der Waals surface area contributed by atoms with Crippen LogP contribution in [0.15, 0.2) is 12.2 Å². The summed E-state index contributed by atoms with van der Waals surface area (Å²) >= 11 is 0. The Morgan fingerprint density at radius 3 is 1.23 bits per heavy atom. The highest BCUT2D eigenvalue weighted by atomic mass is 16.7. The molecule has 0 amide bonds. The van der Waals surface area contributed by atoms with Gasteiger partial charge in [-0.25, -0.2) is 0 Å². The fraction of sp³-hybridized carbons (Fsp3) is 0.902. The molecule has 9 nitrogen and oxygen atoms in total. The number of carboxylic acid groups (broad SMARTS) is 1. The summed E-state index contributed by atoms with van der Waals surface area (Å²) in [5.41, 5.74) is 0. The molecule has 0 aromatic rings. The molecule has 0 aliphatic carbocycles. The van der Waals surface area contributed by atoms with Gasteiger partial charge in [0.25, 0.3) is 0 Å². The first-order chi connectivity index (χ1) is 29.1. The van der Waals surface area contributed by atoms with Crippen molar-refractivity contribution in [2.45, 2.75) is 251 Å². The van der Waals surface area contributed by atoms with E-state index >= 15 is 0 Å². The smallest absolute Gasteiger partial charge is 0.306 e. The van der Waals surface area contributed by atoms with Crippen LogP contribution in [0.2, 0.25) is 0 Å². The van der Waals surface area contributed by atoms with Crippen LogP contribution in [0.5, 0.6) is 0 Å². The summed E-state index contributed by atoms with van der Waals surface area (Å²) in [4.78, 5) is 36.8. The van der Waals surface area contributed by atoms with Crippen LogP contribution in [0, 0.1) is 0 Å². The first-order valence-corrected chi connectivity index (χ1v) is 25.3. The second-order valence-electron chi connectivity index (χ2n) is 18.5. The van der Waals surface area contributed by atoms with Gasteiger partial charge in [0.05, 0.1) is 40.3 Å². The van der Waals surface area contributed by atoms with Gasteiger partial charge in [-0.15, -0.1) is 0 Å². The maximum Gasteiger partial charge on any atom is 0.306 e. The standard InChI is InChI=1S/C51H97NO8/c1-6-8-10-12-14-15-16-17-18-19-20-21-22-23-24-25-26-27-28-29-30-31-32-33-34-35-36-38-40-42-49(54)60-47(45-58-48(53)41-39-37-13-11-9-7-2)46-59-51(50(55)56)57-44-43-52(3,4)5/h19-20,47,51H,6-18,21-46H2,1-5H3/b20-19-. The van der Waals surface area contributed by atoms with E-state index in [1.807, 2.05) is 21.1 Å². The Labute approximate surface area is 370 Å². The molecule has 0 aromatic heterocycles. The van der Waals surface area contributed by atoms with Gasteiger partial charge < -0.3 is 33.3 Å². The largest absolute Gasteiger partial charge is 0.545 e. The summed E-state index contributed by atoms with van der Waals surface area (Å²) in [6, 6.07) is 0. The van der Waals surface area contributed by atoms with Crippen LogP contribution < -0.4 is 5.11 Å². The first kappa shape index (κ1) is 58.0. The number of rotatable bonds is 47. The third kappa shape index (κ3) is 44.1. The van der Waals surface area contributed by atoms with Gasteiger partial charge >= 0.3 is 11.9 Å². The van der Waals surface area contributed by atoms with Gasteiger partial charge in [-0.05, 0) is 38.5 Å². The highest BCUT2D eigenvalue weighted by Crippen LogP contribution is 2.16. The number of carbonyl (C=O) groups is 3. The van der Waals surface area contributed by atoms with Gasteiger partial charge in [0.2, 0.25) is 0 Å². The normalized spacial score (nSPS) is 12.9. The maximum atomic E-state index is 12.7. The second-order valence-corrected chi connectivity index (χ2v) is 18.5. The number of quaternary nitrogens is 1. The lowest BCUT2D eigenvalue weighted by atomic mass is 10.0. The van der Waals surface area contributed by atoms with Crippen LogP contribution in [-0.4, -0.2) is 82.3 Å². The molecule has 60 heavy (non-hydrogen) atoms.